The predicted octanol–water partition coefficient (Wildman–Crippen LogP) is 6.06. The van der Waals surface area contributed by atoms with Gasteiger partial charge in [-0.1, -0.05) is 63.1 Å². The van der Waals surface area contributed by atoms with Crippen LogP contribution < -0.4 is 0 Å². The first-order chi connectivity index (χ1) is 10.8. The summed E-state index contributed by atoms with van der Waals surface area (Å²) in [5, 5.41) is 8.83. The maximum atomic E-state index is 8.83. The molecule has 0 radical (unpaired) electrons. The Morgan fingerprint density at radius 3 is 2.74 bits per heavy atom. The zero-order valence-electron chi connectivity index (χ0n) is 15.7. The molecule has 0 amide bonds. The Bertz CT molecular complexity index is 482. The fourth-order valence-electron chi connectivity index (χ4n) is 5.56. The number of rotatable bonds is 5. The zero-order valence-corrected chi connectivity index (χ0v) is 15.7. The lowest BCUT2D eigenvalue weighted by atomic mass is 9.47. The highest BCUT2D eigenvalue weighted by Gasteiger charge is 2.52. The van der Waals surface area contributed by atoms with Crippen LogP contribution in [0, 0.1) is 22.7 Å². The average Bonchev–Trinajstić information content (AvgIpc) is 2.45. The molecule has 0 heterocycles. The molecule has 23 heavy (non-hydrogen) atoms. The van der Waals surface area contributed by atoms with E-state index >= 15 is 0 Å². The molecule has 0 saturated heterocycles. The van der Waals surface area contributed by atoms with E-state index in [1.54, 1.807) is 6.08 Å². The maximum Gasteiger partial charge on any atom is 0.0615 e. The Morgan fingerprint density at radius 1 is 1.30 bits per heavy atom. The van der Waals surface area contributed by atoms with Crippen molar-refractivity contribution in [1.29, 1.82) is 0 Å². The summed E-state index contributed by atoms with van der Waals surface area (Å²) in [6.45, 7) is 14.3. The highest BCUT2D eigenvalue weighted by molar-refractivity contribution is 5.17. The molecule has 0 aliphatic heterocycles. The molecule has 130 valence electrons. The minimum atomic E-state index is 0.123. The third-order valence-corrected chi connectivity index (χ3v) is 6.77. The first-order valence-corrected chi connectivity index (χ1v) is 9.42. The van der Waals surface area contributed by atoms with Gasteiger partial charge in [0, 0.05) is 0 Å². The van der Waals surface area contributed by atoms with Crippen molar-refractivity contribution < 1.29 is 5.11 Å². The first kappa shape index (κ1) is 18.5. The summed E-state index contributed by atoms with van der Waals surface area (Å²) in [4.78, 5) is 0. The number of aliphatic hydroxyl groups excluding tert-OH is 1. The molecule has 0 spiro atoms. The van der Waals surface area contributed by atoms with Gasteiger partial charge in [0.2, 0.25) is 0 Å². The zero-order chi connectivity index (χ0) is 17.1. The van der Waals surface area contributed by atoms with Crippen molar-refractivity contribution in [2.45, 2.75) is 72.6 Å². The fourth-order valence-corrected chi connectivity index (χ4v) is 5.56. The Balaban J connectivity index is 2.11. The molecule has 2 saturated carbocycles. The maximum absolute atomic E-state index is 8.83. The van der Waals surface area contributed by atoms with Crippen molar-refractivity contribution in [2.75, 3.05) is 6.61 Å². The fraction of sp³-hybridized carbons (Fsp3) is 0.727. The van der Waals surface area contributed by atoms with Crippen molar-refractivity contribution in [3.63, 3.8) is 0 Å². The summed E-state index contributed by atoms with van der Waals surface area (Å²) >= 11 is 0. The molecule has 0 unspecified atom stereocenters. The molecular weight excluding hydrogens is 280 g/mol. The van der Waals surface area contributed by atoms with E-state index in [2.05, 4.69) is 40.3 Å². The van der Waals surface area contributed by atoms with Crippen LogP contribution in [0.5, 0.6) is 0 Å². The predicted molar refractivity (Wildman–Crippen MR) is 100 cm³/mol. The lowest BCUT2D eigenvalue weighted by molar-refractivity contribution is -0.0539. The monoisotopic (exact) mass is 316 g/mol. The van der Waals surface area contributed by atoms with E-state index in [4.69, 9.17) is 5.11 Å². The lowest BCUT2D eigenvalue weighted by Gasteiger charge is -2.58. The molecule has 1 N–H and O–H groups in total. The molecule has 2 fully saturated rings. The number of aliphatic hydroxyl groups is 1. The van der Waals surface area contributed by atoms with Crippen LogP contribution in [0.1, 0.15) is 72.6 Å². The topological polar surface area (TPSA) is 20.2 Å². The average molecular weight is 317 g/mol. The van der Waals surface area contributed by atoms with Crippen LogP contribution in [0.4, 0.5) is 0 Å². The summed E-state index contributed by atoms with van der Waals surface area (Å²) in [6.07, 6.45) is 15.0. The van der Waals surface area contributed by atoms with E-state index in [9.17, 15) is 0 Å². The molecule has 0 aromatic rings. The lowest BCUT2D eigenvalue weighted by Crippen LogP contribution is -2.49. The van der Waals surface area contributed by atoms with Gasteiger partial charge >= 0.3 is 0 Å². The quantitative estimate of drug-likeness (QED) is 0.483. The molecule has 0 aromatic carbocycles. The van der Waals surface area contributed by atoms with Gasteiger partial charge in [0.1, 0.15) is 0 Å². The summed E-state index contributed by atoms with van der Waals surface area (Å²) in [5.74, 6) is 1.52. The van der Waals surface area contributed by atoms with Gasteiger partial charge in [-0.15, -0.1) is 0 Å². The molecule has 2 aliphatic carbocycles. The standard InChI is InChI=1S/C22H36O/c1-17(9-6-7-16-23)10-12-19-18(2)11-13-20-21(3,4)14-8-15-22(19,20)5/h6-7,9,19-20,23H,2,8,10-16H2,1,3-5H3/b7-6?,17-9+/t19-,20-,22+/m0/s1. The number of fused-ring (bicyclic) bond motifs is 1. The third-order valence-electron chi connectivity index (χ3n) is 6.77. The SMILES string of the molecule is C=C1CC[C@H]2C(C)(C)CCC[C@]2(C)[C@H]1CC/C(C)=C/C=CCO. The van der Waals surface area contributed by atoms with E-state index in [-0.39, 0.29) is 6.61 Å². The van der Waals surface area contributed by atoms with E-state index in [1.165, 1.54) is 49.7 Å². The molecule has 3 atom stereocenters. The molecule has 2 aliphatic rings. The Kier molecular flexibility index (Phi) is 5.94. The molecule has 1 heteroatoms. The van der Waals surface area contributed by atoms with E-state index in [0.717, 1.165) is 12.3 Å². The van der Waals surface area contributed by atoms with Gasteiger partial charge in [0.15, 0.2) is 0 Å². The largest absolute Gasteiger partial charge is 0.392 e. The number of hydrogen-bond acceptors (Lipinski definition) is 1. The molecule has 1 nitrogen and oxygen atoms in total. The summed E-state index contributed by atoms with van der Waals surface area (Å²) in [7, 11) is 0. The van der Waals surface area contributed by atoms with Crippen LogP contribution in [0.25, 0.3) is 0 Å². The number of hydrogen-bond donors (Lipinski definition) is 1. The Labute approximate surface area is 143 Å². The summed E-state index contributed by atoms with van der Waals surface area (Å²) in [6, 6.07) is 0. The van der Waals surface area contributed by atoms with Gasteiger partial charge in [-0.3, -0.25) is 0 Å². The first-order valence-electron chi connectivity index (χ1n) is 9.42. The second kappa shape index (κ2) is 7.38. The second-order valence-electron chi connectivity index (χ2n) is 8.81. The van der Waals surface area contributed by atoms with Gasteiger partial charge in [-0.25, -0.2) is 0 Å². The van der Waals surface area contributed by atoms with Crippen molar-refractivity contribution in [3.8, 4) is 0 Å². The van der Waals surface area contributed by atoms with Crippen molar-refractivity contribution in [1.82, 2.24) is 0 Å². The number of allylic oxidation sites excluding steroid dienone is 4. The van der Waals surface area contributed by atoms with Crippen LogP contribution in [-0.4, -0.2) is 11.7 Å². The van der Waals surface area contributed by atoms with Gasteiger partial charge in [-0.05, 0) is 68.1 Å². The van der Waals surface area contributed by atoms with Crippen molar-refractivity contribution in [3.05, 3.63) is 36.0 Å². The second-order valence-corrected chi connectivity index (χ2v) is 8.81. The smallest absolute Gasteiger partial charge is 0.0615 e. The van der Waals surface area contributed by atoms with Gasteiger partial charge in [0.25, 0.3) is 0 Å². The Hall–Kier alpha value is -0.820. The third kappa shape index (κ3) is 3.99. The van der Waals surface area contributed by atoms with Crippen LogP contribution in [-0.2, 0) is 0 Å². The van der Waals surface area contributed by atoms with E-state index in [0.29, 0.717) is 16.7 Å². The molecular formula is C22H36O. The van der Waals surface area contributed by atoms with Gasteiger partial charge in [-0.2, -0.15) is 0 Å². The van der Waals surface area contributed by atoms with Crippen LogP contribution >= 0.6 is 0 Å². The van der Waals surface area contributed by atoms with Crippen LogP contribution in [0.2, 0.25) is 0 Å². The highest BCUT2D eigenvalue weighted by atomic mass is 16.2. The van der Waals surface area contributed by atoms with E-state index in [1.807, 2.05) is 6.08 Å². The minimum absolute atomic E-state index is 0.123. The van der Waals surface area contributed by atoms with Crippen molar-refractivity contribution >= 4 is 0 Å². The summed E-state index contributed by atoms with van der Waals surface area (Å²) in [5.41, 5.74) is 3.84. The molecule has 0 bridgehead atoms. The van der Waals surface area contributed by atoms with Gasteiger partial charge < -0.3 is 5.11 Å². The minimum Gasteiger partial charge on any atom is -0.392 e. The molecule has 2 rings (SSSR count). The normalized spacial score (nSPS) is 34.7. The van der Waals surface area contributed by atoms with Gasteiger partial charge in [0.05, 0.1) is 6.61 Å². The van der Waals surface area contributed by atoms with E-state index < -0.39 is 0 Å². The van der Waals surface area contributed by atoms with Crippen LogP contribution in [0.15, 0.2) is 36.0 Å². The molecule has 0 aromatic heterocycles. The highest BCUT2D eigenvalue weighted by Crippen LogP contribution is 2.61. The summed E-state index contributed by atoms with van der Waals surface area (Å²) < 4.78 is 0. The Morgan fingerprint density at radius 2 is 2.04 bits per heavy atom. The van der Waals surface area contributed by atoms with Crippen LogP contribution in [0.3, 0.4) is 0 Å². The van der Waals surface area contributed by atoms with Crippen molar-refractivity contribution in [2.24, 2.45) is 22.7 Å².